The summed E-state index contributed by atoms with van der Waals surface area (Å²) in [6.07, 6.45) is 1.12. The van der Waals surface area contributed by atoms with Crippen molar-refractivity contribution in [2.24, 2.45) is 0 Å². The number of nitrogens with one attached hydrogen (secondary N) is 1. The molecule has 8 heteroatoms. The molecular weight excluding hydrogens is 307 g/mol. The average Bonchev–Trinajstić information content (AvgIpc) is 2.32. The lowest BCUT2D eigenvalue weighted by Crippen LogP contribution is -2.16. The number of aliphatic carboxylic acids is 1. The van der Waals surface area contributed by atoms with Gasteiger partial charge in [0, 0.05) is 18.5 Å². The van der Waals surface area contributed by atoms with Gasteiger partial charge in [-0.25, -0.2) is 0 Å². The number of carbonyl (C=O) groups is 1. The monoisotopic (exact) mass is 320 g/mol. The molecule has 2 N–H and O–H groups in total. The summed E-state index contributed by atoms with van der Waals surface area (Å²) >= 11 is 11.6. The molecule has 0 spiro atoms. The van der Waals surface area contributed by atoms with E-state index >= 15 is 0 Å². The first-order chi connectivity index (χ1) is 9.31. The molecule has 0 aromatic heterocycles. The first kappa shape index (κ1) is 16.5. The molecule has 0 amide bonds. The minimum atomic E-state index is -0.863. The van der Waals surface area contributed by atoms with Gasteiger partial charge in [0.1, 0.15) is 5.69 Å². The van der Waals surface area contributed by atoms with Gasteiger partial charge >= 0.3 is 5.97 Å². The standard InChI is InChI=1S/C12H14Cl2N2O4/c1-7(3-2-4-12(17)18)15-10-5-8(13)9(14)6-11(10)16(19)20/h5-7,15H,2-4H2,1H3,(H,17,18). The highest BCUT2D eigenvalue weighted by Crippen LogP contribution is 2.34. The number of hydrogen-bond donors (Lipinski definition) is 2. The van der Waals surface area contributed by atoms with Crippen molar-refractivity contribution in [1.82, 2.24) is 0 Å². The van der Waals surface area contributed by atoms with Gasteiger partial charge in [0.15, 0.2) is 0 Å². The second kappa shape index (κ2) is 7.31. The van der Waals surface area contributed by atoms with Crippen LogP contribution in [-0.4, -0.2) is 22.0 Å². The third-order valence-electron chi connectivity index (χ3n) is 2.66. The summed E-state index contributed by atoms with van der Waals surface area (Å²) in [5, 5.41) is 22.8. The zero-order valence-electron chi connectivity index (χ0n) is 10.7. The van der Waals surface area contributed by atoms with Gasteiger partial charge < -0.3 is 10.4 Å². The van der Waals surface area contributed by atoms with Gasteiger partial charge in [-0.3, -0.25) is 14.9 Å². The van der Waals surface area contributed by atoms with Gasteiger partial charge in [-0.1, -0.05) is 23.2 Å². The van der Waals surface area contributed by atoms with E-state index in [0.717, 1.165) is 0 Å². The fraction of sp³-hybridized carbons (Fsp3) is 0.417. The van der Waals surface area contributed by atoms with Crippen LogP contribution in [0.5, 0.6) is 0 Å². The summed E-state index contributed by atoms with van der Waals surface area (Å²) < 4.78 is 0. The number of anilines is 1. The Morgan fingerprint density at radius 2 is 2.05 bits per heavy atom. The maximum Gasteiger partial charge on any atom is 0.303 e. The van der Waals surface area contributed by atoms with E-state index in [9.17, 15) is 14.9 Å². The van der Waals surface area contributed by atoms with Gasteiger partial charge in [0.05, 0.1) is 15.0 Å². The molecule has 1 aromatic rings. The van der Waals surface area contributed by atoms with E-state index in [4.69, 9.17) is 28.3 Å². The van der Waals surface area contributed by atoms with Crippen LogP contribution in [0.4, 0.5) is 11.4 Å². The summed E-state index contributed by atoms with van der Waals surface area (Å²) in [7, 11) is 0. The number of rotatable bonds is 7. The van der Waals surface area contributed by atoms with Crippen molar-refractivity contribution in [3.05, 3.63) is 32.3 Å². The number of nitro groups is 1. The van der Waals surface area contributed by atoms with Gasteiger partial charge in [0.25, 0.3) is 5.69 Å². The summed E-state index contributed by atoms with van der Waals surface area (Å²) in [6.45, 7) is 1.81. The van der Waals surface area contributed by atoms with Crippen molar-refractivity contribution in [3.63, 3.8) is 0 Å². The van der Waals surface area contributed by atoms with Crippen molar-refractivity contribution >= 4 is 40.5 Å². The number of nitrogens with zero attached hydrogens (tertiary/aromatic N) is 1. The van der Waals surface area contributed by atoms with Crippen LogP contribution in [0.2, 0.25) is 10.0 Å². The Morgan fingerprint density at radius 3 is 2.60 bits per heavy atom. The number of hydrogen-bond acceptors (Lipinski definition) is 4. The molecule has 1 rings (SSSR count). The lowest BCUT2D eigenvalue weighted by atomic mass is 10.1. The molecule has 20 heavy (non-hydrogen) atoms. The first-order valence-corrected chi connectivity index (χ1v) is 6.68. The normalized spacial score (nSPS) is 11.9. The fourth-order valence-electron chi connectivity index (χ4n) is 1.70. The minimum absolute atomic E-state index is 0.0650. The topological polar surface area (TPSA) is 92.5 Å². The molecule has 1 unspecified atom stereocenters. The molecular formula is C12H14Cl2N2O4. The number of halogens is 2. The smallest absolute Gasteiger partial charge is 0.303 e. The summed E-state index contributed by atoms with van der Waals surface area (Å²) in [6, 6.07) is 2.47. The number of carboxylic acid groups (broad SMARTS) is 1. The minimum Gasteiger partial charge on any atom is -0.481 e. The molecule has 0 saturated heterocycles. The van der Waals surface area contributed by atoms with Gasteiger partial charge in [-0.2, -0.15) is 0 Å². The Bertz CT molecular complexity index is 522. The Labute approximate surface area is 125 Å². The van der Waals surface area contributed by atoms with E-state index in [1.165, 1.54) is 12.1 Å². The lowest BCUT2D eigenvalue weighted by molar-refractivity contribution is -0.384. The summed E-state index contributed by atoms with van der Waals surface area (Å²) in [4.78, 5) is 20.8. The van der Waals surface area contributed by atoms with E-state index in [2.05, 4.69) is 5.32 Å². The average molecular weight is 321 g/mol. The lowest BCUT2D eigenvalue weighted by Gasteiger charge is -2.15. The van der Waals surface area contributed by atoms with E-state index in [0.29, 0.717) is 12.8 Å². The van der Waals surface area contributed by atoms with Crippen molar-refractivity contribution in [2.75, 3.05) is 5.32 Å². The number of benzene rings is 1. The van der Waals surface area contributed by atoms with Crippen molar-refractivity contribution < 1.29 is 14.8 Å². The van der Waals surface area contributed by atoms with Crippen LogP contribution in [0.15, 0.2) is 12.1 Å². The third-order valence-corrected chi connectivity index (χ3v) is 3.39. The van der Waals surface area contributed by atoms with Crippen molar-refractivity contribution in [1.29, 1.82) is 0 Å². The second-order valence-electron chi connectivity index (χ2n) is 4.37. The van der Waals surface area contributed by atoms with Gasteiger partial charge in [0.2, 0.25) is 0 Å². The fourth-order valence-corrected chi connectivity index (χ4v) is 2.02. The molecule has 1 atom stereocenters. The van der Waals surface area contributed by atoms with Crippen LogP contribution in [0.25, 0.3) is 0 Å². The Balaban J connectivity index is 2.78. The highest BCUT2D eigenvalue weighted by Gasteiger charge is 2.18. The zero-order valence-corrected chi connectivity index (χ0v) is 12.2. The molecule has 0 radical (unpaired) electrons. The molecule has 0 saturated carbocycles. The first-order valence-electron chi connectivity index (χ1n) is 5.93. The maximum absolute atomic E-state index is 11.0. The Morgan fingerprint density at radius 1 is 1.45 bits per heavy atom. The molecule has 0 heterocycles. The van der Waals surface area contributed by atoms with E-state index in [1.54, 1.807) is 0 Å². The quantitative estimate of drug-likeness (QED) is 0.586. The van der Waals surface area contributed by atoms with E-state index < -0.39 is 10.9 Å². The second-order valence-corrected chi connectivity index (χ2v) is 5.19. The van der Waals surface area contributed by atoms with Crippen LogP contribution in [0.1, 0.15) is 26.2 Å². The van der Waals surface area contributed by atoms with Crippen LogP contribution < -0.4 is 5.32 Å². The van der Waals surface area contributed by atoms with E-state index in [1.807, 2.05) is 6.92 Å². The summed E-state index contributed by atoms with van der Waals surface area (Å²) in [5.74, 6) is -0.863. The predicted molar refractivity (Wildman–Crippen MR) is 77.7 cm³/mol. The molecule has 110 valence electrons. The molecule has 0 aliphatic rings. The van der Waals surface area contributed by atoms with Crippen LogP contribution in [0.3, 0.4) is 0 Å². The number of carboxylic acids is 1. The zero-order chi connectivity index (χ0) is 15.3. The summed E-state index contributed by atoms with van der Waals surface area (Å²) in [5.41, 5.74) is 0.108. The van der Waals surface area contributed by atoms with E-state index in [-0.39, 0.29) is 33.9 Å². The predicted octanol–water partition coefficient (Wildman–Crippen LogP) is 3.96. The molecule has 1 aromatic carbocycles. The largest absolute Gasteiger partial charge is 0.481 e. The molecule has 0 aliphatic carbocycles. The van der Waals surface area contributed by atoms with Crippen molar-refractivity contribution in [3.8, 4) is 0 Å². The Kier molecular flexibility index (Phi) is 6.04. The SMILES string of the molecule is CC(CCCC(=O)O)Nc1cc(Cl)c(Cl)cc1[N+](=O)[O-]. The van der Waals surface area contributed by atoms with Gasteiger partial charge in [-0.05, 0) is 25.8 Å². The third kappa shape index (κ3) is 4.86. The van der Waals surface area contributed by atoms with Crippen LogP contribution >= 0.6 is 23.2 Å². The molecule has 6 nitrogen and oxygen atoms in total. The molecule has 0 aliphatic heterocycles. The van der Waals surface area contributed by atoms with Crippen LogP contribution in [-0.2, 0) is 4.79 Å². The maximum atomic E-state index is 11.0. The molecule has 0 fully saturated rings. The van der Waals surface area contributed by atoms with Gasteiger partial charge in [-0.15, -0.1) is 0 Å². The number of nitro benzene ring substituents is 1. The Hall–Kier alpha value is -1.53. The highest BCUT2D eigenvalue weighted by atomic mass is 35.5. The van der Waals surface area contributed by atoms with Crippen LogP contribution in [0, 0.1) is 10.1 Å². The van der Waals surface area contributed by atoms with Crippen molar-refractivity contribution in [2.45, 2.75) is 32.2 Å². The molecule has 0 bridgehead atoms. The highest BCUT2D eigenvalue weighted by molar-refractivity contribution is 6.42.